The lowest BCUT2D eigenvalue weighted by Crippen LogP contribution is -2.23. The summed E-state index contributed by atoms with van der Waals surface area (Å²) in [5.74, 6) is 0.277. The van der Waals surface area contributed by atoms with Crippen LogP contribution in [0.25, 0.3) is 0 Å². The molecule has 0 radical (unpaired) electrons. The molecule has 1 heterocycles. The monoisotopic (exact) mass is 307 g/mol. The Morgan fingerprint density at radius 2 is 2.10 bits per heavy atom. The number of ether oxygens (including phenoxy) is 1. The van der Waals surface area contributed by atoms with Crippen molar-refractivity contribution in [2.75, 3.05) is 38.8 Å². The molecule has 1 rings (SSSR count). The van der Waals surface area contributed by atoms with Crippen molar-refractivity contribution in [3.8, 4) is 0 Å². The average Bonchev–Trinajstić information content (AvgIpc) is 2.78. The normalized spacial score (nSPS) is 11.6. The number of nitrogens with one attached hydrogen (secondary N) is 1. The van der Waals surface area contributed by atoms with Crippen molar-refractivity contribution in [3.05, 3.63) is 10.6 Å². The maximum Gasteiger partial charge on any atom is 0.255 e. The van der Waals surface area contributed by atoms with Crippen LogP contribution < -0.4 is 10.2 Å². The van der Waals surface area contributed by atoms with E-state index in [1.807, 2.05) is 0 Å². The second-order valence-electron chi connectivity index (χ2n) is 4.90. The molecular weight excluding hydrogens is 284 g/mol. The predicted octanol–water partition coefficient (Wildman–Crippen LogP) is 2.70. The number of halogens is 2. The molecule has 1 aromatic heterocycles. The minimum atomic E-state index is -2.35. The van der Waals surface area contributed by atoms with E-state index in [9.17, 15) is 8.78 Å². The Labute approximate surface area is 123 Å². The fourth-order valence-electron chi connectivity index (χ4n) is 1.75. The zero-order chi connectivity index (χ0) is 15.1. The van der Waals surface area contributed by atoms with Gasteiger partial charge in [0.2, 0.25) is 0 Å². The number of nitrogens with zero attached hydrogens (tertiary/aromatic N) is 2. The summed E-state index contributed by atoms with van der Waals surface area (Å²) in [5, 5.41) is 3.92. The zero-order valence-electron chi connectivity index (χ0n) is 12.4. The first-order valence-electron chi connectivity index (χ1n) is 6.64. The summed E-state index contributed by atoms with van der Waals surface area (Å²) in [7, 11) is 3.31. The molecule has 0 aliphatic heterocycles. The molecule has 0 bridgehead atoms. The van der Waals surface area contributed by atoms with E-state index in [4.69, 9.17) is 4.74 Å². The largest absolute Gasteiger partial charge is 0.383 e. The van der Waals surface area contributed by atoms with Gasteiger partial charge in [0.1, 0.15) is 0 Å². The number of methoxy groups -OCH3 is 1. The van der Waals surface area contributed by atoms with Crippen LogP contribution in [0, 0.1) is 0 Å². The molecule has 0 unspecified atom stereocenters. The van der Waals surface area contributed by atoms with Crippen molar-refractivity contribution in [1.82, 2.24) is 10.3 Å². The van der Waals surface area contributed by atoms with E-state index in [1.165, 1.54) is 16.2 Å². The summed E-state index contributed by atoms with van der Waals surface area (Å²) >= 11 is 1.47. The zero-order valence-corrected chi connectivity index (χ0v) is 13.3. The van der Waals surface area contributed by atoms with Gasteiger partial charge in [-0.05, 0) is 5.92 Å². The van der Waals surface area contributed by atoms with Crippen LogP contribution in [-0.2, 0) is 11.3 Å². The number of hydrogen-bond acceptors (Lipinski definition) is 5. The van der Waals surface area contributed by atoms with E-state index in [1.54, 1.807) is 14.2 Å². The Balaban J connectivity index is 2.74. The molecule has 0 saturated heterocycles. The van der Waals surface area contributed by atoms with Crippen molar-refractivity contribution in [2.24, 2.45) is 0 Å². The van der Waals surface area contributed by atoms with Crippen LogP contribution in [0.3, 0.4) is 0 Å². The van der Waals surface area contributed by atoms with E-state index < -0.39 is 6.43 Å². The van der Waals surface area contributed by atoms with Crippen molar-refractivity contribution < 1.29 is 13.5 Å². The van der Waals surface area contributed by atoms with E-state index in [0.29, 0.717) is 18.3 Å². The molecule has 1 aromatic rings. The van der Waals surface area contributed by atoms with Gasteiger partial charge in [0, 0.05) is 32.1 Å². The van der Waals surface area contributed by atoms with Crippen molar-refractivity contribution >= 4 is 16.5 Å². The minimum absolute atomic E-state index is 0.277. The van der Waals surface area contributed by atoms with Crippen molar-refractivity contribution in [2.45, 2.75) is 32.7 Å². The topological polar surface area (TPSA) is 37.4 Å². The molecule has 20 heavy (non-hydrogen) atoms. The maximum atomic E-state index is 12.4. The van der Waals surface area contributed by atoms with Gasteiger partial charge in [-0.15, -0.1) is 11.3 Å². The molecule has 0 atom stereocenters. The van der Waals surface area contributed by atoms with Gasteiger partial charge in [0.15, 0.2) is 5.13 Å². The van der Waals surface area contributed by atoms with Gasteiger partial charge < -0.3 is 15.0 Å². The molecular formula is C13H23F2N3OS. The van der Waals surface area contributed by atoms with Gasteiger partial charge in [-0.1, -0.05) is 13.8 Å². The standard InChI is InChI=1S/C13H23F2N3OS/c1-9(2)12-10(7-16-5-6-19-4)20-13(17-12)18(3)8-11(14)15/h9,11,16H,5-8H2,1-4H3. The van der Waals surface area contributed by atoms with Crippen LogP contribution in [0.15, 0.2) is 0 Å². The highest BCUT2D eigenvalue weighted by atomic mass is 32.1. The minimum Gasteiger partial charge on any atom is -0.383 e. The third-order valence-corrected chi connectivity index (χ3v) is 3.96. The average molecular weight is 307 g/mol. The van der Waals surface area contributed by atoms with Crippen LogP contribution in [0.5, 0.6) is 0 Å². The highest BCUT2D eigenvalue weighted by Gasteiger charge is 2.18. The Morgan fingerprint density at radius 3 is 2.65 bits per heavy atom. The van der Waals surface area contributed by atoms with Crippen LogP contribution in [0.1, 0.15) is 30.3 Å². The number of alkyl halides is 2. The quantitative estimate of drug-likeness (QED) is 0.712. The van der Waals surface area contributed by atoms with E-state index in [-0.39, 0.29) is 12.5 Å². The Morgan fingerprint density at radius 1 is 1.40 bits per heavy atom. The van der Waals surface area contributed by atoms with Crippen molar-refractivity contribution in [3.63, 3.8) is 0 Å². The highest BCUT2D eigenvalue weighted by Crippen LogP contribution is 2.30. The van der Waals surface area contributed by atoms with E-state index >= 15 is 0 Å². The Bertz CT molecular complexity index is 399. The number of thiazole rings is 1. The molecule has 0 saturated carbocycles. The third-order valence-electron chi connectivity index (χ3n) is 2.77. The summed E-state index contributed by atoms with van der Waals surface area (Å²) in [6.45, 7) is 5.93. The fraction of sp³-hybridized carbons (Fsp3) is 0.769. The van der Waals surface area contributed by atoms with Crippen LogP contribution in [0.4, 0.5) is 13.9 Å². The lowest BCUT2D eigenvalue weighted by molar-refractivity contribution is 0.156. The second kappa shape index (κ2) is 8.49. The van der Waals surface area contributed by atoms with E-state index in [2.05, 4.69) is 24.1 Å². The Kier molecular flexibility index (Phi) is 7.32. The first-order valence-corrected chi connectivity index (χ1v) is 7.45. The summed E-state index contributed by atoms with van der Waals surface area (Å²) in [6, 6.07) is 0. The summed E-state index contributed by atoms with van der Waals surface area (Å²) in [4.78, 5) is 7.12. The number of rotatable bonds is 9. The maximum absolute atomic E-state index is 12.4. The summed E-state index contributed by atoms with van der Waals surface area (Å²) in [5.41, 5.74) is 0.982. The summed E-state index contributed by atoms with van der Waals surface area (Å²) in [6.07, 6.45) is -2.35. The van der Waals surface area contributed by atoms with Gasteiger partial charge in [-0.25, -0.2) is 13.8 Å². The molecule has 0 aromatic carbocycles. The molecule has 0 aliphatic carbocycles. The molecule has 116 valence electrons. The van der Waals surface area contributed by atoms with Crippen LogP contribution >= 0.6 is 11.3 Å². The smallest absolute Gasteiger partial charge is 0.255 e. The first-order chi connectivity index (χ1) is 9.45. The van der Waals surface area contributed by atoms with Crippen molar-refractivity contribution in [1.29, 1.82) is 0 Å². The third kappa shape index (κ3) is 5.30. The van der Waals surface area contributed by atoms with Gasteiger partial charge in [0.05, 0.1) is 18.8 Å². The predicted molar refractivity (Wildman–Crippen MR) is 79.1 cm³/mol. The molecule has 0 aliphatic rings. The molecule has 4 nitrogen and oxygen atoms in total. The van der Waals surface area contributed by atoms with Gasteiger partial charge in [-0.3, -0.25) is 0 Å². The van der Waals surface area contributed by atoms with Crippen LogP contribution in [0.2, 0.25) is 0 Å². The number of hydrogen-bond donors (Lipinski definition) is 1. The Hall–Kier alpha value is -0.790. The highest BCUT2D eigenvalue weighted by molar-refractivity contribution is 7.15. The lowest BCUT2D eigenvalue weighted by atomic mass is 10.1. The lowest BCUT2D eigenvalue weighted by Gasteiger charge is -2.14. The second-order valence-corrected chi connectivity index (χ2v) is 5.96. The summed E-state index contributed by atoms with van der Waals surface area (Å²) < 4.78 is 29.8. The molecule has 1 N–H and O–H groups in total. The fourth-order valence-corrected chi connectivity index (χ4v) is 2.91. The molecule has 0 spiro atoms. The van der Waals surface area contributed by atoms with E-state index in [0.717, 1.165) is 17.1 Å². The molecule has 7 heteroatoms. The molecule has 0 fully saturated rings. The first kappa shape index (κ1) is 17.3. The van der Waals surface area contributed by atoms with Gasteiger partial charge in [-0.2, -0.15) is 0 Å². The SMILES string of the molecule is COCCNCc1sc(N(C)CC(F)F)nc1C(C)C. The van der Waals surface area contributed by atoms with Gasteiger partial charge in [0.25, 0.3) is 6.43 Å². The number of anilines is 1. The van der Waals surface area contributed by atoms with Crippen LogP contribution in [-0.4, -0.2) is 45.3 Å². The number of aromatic nitrogens is 1. The van der Waals surface area contributed by atoms with Gasteiger partial charge >= 0.3 is 0 Å². The molecule has 0 amide bonds.